The van der Waals surface area contributed by atoms with Gasteiger partial charge in [-0.1, -0.05) is 13.0 Å². The maximum Gasteiger partial charge on any atom is 0.220 e. The SMILES string of the molecule is CC(CC(=O)NCc1cccnc1)C1CCCNC1.Cl.Cl. The van der Waals surface area contributed by atoms with Crippen molar-refractivity contribution < 1.29 is 4.79 Å². The van der Waals surface area contributed by atoms with Crippen LogP contribution in [0.2, 0.25) is 0 Å². The average Bonchev–Trinajstić information content (AvgIpc) is 2.47. The number of nitrogens with one attached hydrogen (secondary N) is 2. The van der Waals surface area contributed by atoms with Crippen LogP contribution in [-0.4, -0.2) is 24.0 Å². The van der Waals surface area contributed by atoms with Gasteiger partial charge in [0.1, 0.15) is 0 Å². The van der Waals surface area contributed by atoms with Gasteiger partial charge in [-0.3, -0.25) is 9.78 Å². The minimum atomic E-state index is 0. The Bertz CT molecular complexity index is 397. The summed E-state index contributed by atoms with van der Waals surface area (Å²) in [4.78, 5) is 16.0. The van der Waals surface area contributed by atoms with E-state index in [1.807, 2.05) is 12.1 Å². The van der Waals surface area contributed by atoms with E-state index in [1.54, 1.807) is 12.4 Å². The van der Waals surface area contributed by atoms with Gasteiger partial charge in [-0.25, -0.2) is 0 Å². The molecule has 0 radical (unpaired) electrons. The van der Waals surface area contributed by atoms with Crippen molar-refractivity contribution in [1.82, 2.24) is 15.6 Å². The van der Waals surface area contributed by atoms with E-state index in [2.05, 4.69) is 22.5 Å². The second kappa shape index (κ2) is 10.8. The van der Waals surface area contributed by atoms with Gasteiger partial charge in [-0.05, 0) is 49.4 Å². The third kappa shape index (κ3) is 7.11. The van der Waals surface area contributed by atoms with E-state index in [4.69, 9.17) is 0 Å². The lowest BCUT2D eigenvalue weighted by molar-refractivity contribution is -0.122. The molecule has 2 heterocycles. The van der Waals surface area contributed by atoms with Gasteiger partial charge in [0, 0.05) is 25.4 Å². The Balaban J connectivity index is 0.00000200. The highest BCUT2D eigenvalue weighted by Gasteiger charge is 2.21. The van der Waals surface area contributed by atoms with Crippen LogP contribution in [0.5, 0.6) is 0 Å². The molecule has 0 aromatic carbocycles. The van der Waals surface area contributed by atoms with Crippen LogP contribution in [0.4, 0.5) is 0 Å². The van der Waals surface area contributed by atoms with Crippen molar-refractivity contribution in [3.05, 3.63) is 30.1 Å². The molecular weight excluding hydrogens is 309 g/mol. The molecule has 1 aromatic rings. The number of hydrogen-bond acceptors (Lipinski definition) is 3. The largest absolute Gasteiger partial charge is 0.352 e. The smallest absolute Gasteiger partial charge is 0.220 e. The van der Waals surface area contributed by atoms with Gasteiger partial charge in [0.25, 0.3) is 0 Å². The summed E-state index contributed by atoms with van der Waals surface area (Å²) in [6.07, 6.45) is 6.61. The van der Waals surface area contributed by atoms with E-state index >= 15 is 0 Å². The van der Waals surface area contributed by atoms with Crippen molar-refractivity contribution in [2.45, 2.75) is 32.7 Å². The zero-order chi connectivity index (χ0) is 13.5. The molecule has 1 amide bonds. The van der Waals surface area contributed by atoms with Crippen LogP contribution in [0.25, 0.3) is 0 Å². The van der Waals surface area contributed by atoms with Gasteiger partial charge in [0.2, 0.25) is 5.91 Å². The summed E-state index contributed by atoms with van der Waals surface area (Å²) >= 11 is 0. The first kappa shape index (κ1) is 20.2. The summed E-state index contributed by atoms with van der Waals surface area (Å²) in [5, 5.41) is 6.38. The average molecular weight is 334 g/mol. The van der Waals surface area contributed by atoms with Crippen LogP contribution in [0, 0.1) is 11.8 Å². The number of carbonyl (C=O) groups is 1. The highest BCUT2D eigenvalue weighted by atomic mass is 35.5. The van der Waals surface area contributed by atoms with E-state index in [0.29, 0.717) is 24.8 Å². The lowest BCUT2D eigenvalue weighted by Crippen LogP contribution is -2.35. The molecule has 6 heteroatoms. The van der Waals surface area contributed by atoms with Gasteiger partial charge < -0.3 is 10.6 Å². The Morgan fingerprint density at radius 3 is 2.95 bits per heavy atom. The molecule has 4 nitrogen and oxygen atoms in total. The summed E-state index contributed by atoms with van der Waals surface area (Å²) in [7, 11) is 0. The maximum absolute atomic E-state index is 11.9. The molecule has 1 aromatic heterocycles. The van der Waals surface area contributed by atoms with Crippen LogP contribution in [0.15, 0.2) is 24.5 Å². The lowest BCUT2D eigenvalue weighted by Gasteiger charge is -2.28. The predicted molar refractivity (Wildman–Crippen MR) is 90.0 cm³/mol. The van der Waals surface area contributed by atoms with Crippen molar-refractivity contribution in [2.75, 3.05) is 13.1 Å². The first-order valence-corrected chi connectivity index (χ1v) is 7.12. The summed E-state index contributed by atoms with van der Waals surface area (Å²) in [5.74, 6) is 1.22. The van der Waals surface area contributed by atoms with Gasteiger partial charge >= 0.3 is 0 Å². The third-order valence-electron chi connectivity index (χ3n) is 3.86. The first-order valence-electron chi connectivity index (χ1n) is 7.12. The zero-order valence-electron chi connectivity index (χ0n) is 12.4. The Morgan fingerprint density at radius 2 is 2.33 bits per heavy atom. The monoisotopic (exact) mass is 333 g/mol. The number of rotatable bonds is 5. The van der Waals surface area contributed by atoms with Gasteiger partial charge in [0.15, 0.2) is 0 Å². The Morgan fingerprint density at radius 1 is 1.52 bits per heavy atom. The summed E-state index contributed by atoms with van der Waals surface area (Å²) in [6, 6.07) is 3.86. The fourth-order valence-corrected chi connectivity index (χ4v) is 2.60. The number of pyridine rings is 1. The van der Waals surface area contributed by atoms with Gasteiger partial charge in [0.05, 0.1) is 0 Å². The Hall–Kier alpha value is -0.840. The molecule has 21 heavy (non-hydrogen) atoms. The molecule has 2 unspecified atom stereocenters. The van der Waals surface area contributed by atoms with E-state index in [0.717, 1.165) is 18.7 Å². The highest BCUT2D eigenvalue weighted by Crippen LogP contribution is 2.22. The molecule has 0 saturated carbocycles. The molecule has 2 rings (SSSR count). The predicted octanol–water partition coefficient (Wildman–Crippen LogP) is 2.57. The number of nitrogens with zero attached hydrogens (tertiary/aromatic N) is 1. The van der Waals surface area contributed by atoms with Crippen molar-refractivity contribution in [3.8, 4) is 0 Å². The van der Waals surface area contributed by atoms with Crippen molar-refractivity contribution in [2.24, 2.45) is 11.8 Å². The fraction of sp³-hybridized carbons (Fsp3) is 0.600. The molecule has 2 N–H and O–H groups in total. The molecule has 1 saturated heterocycles. The highest BCUT2D eigenvalue weighted by molar-refractivity contribution is 5.85. The quantitative estimate of drug-likeness (QED) is 0.870. The molecule has 0 spiro atoms. The van der Waals surface area contributed by atoms with E-state index in [1.165, 1.54) is 12.8 Å². The van der Waals surface area contributed by atoms with E-state index < -0.39 is 0 Å². The molecule has 1 fully saturated rings. The minimum Gasteiger partial charge on any atom is -0.352 e. The van der Waals surface area contributed by atoms with E-state index in [9.17, 15) is 4.79 Å². The van der Waals surface area contributed by atoms with Crippen LogP contribution >= 0.6 is 24.8 Å². The van der Waals surface area contributed by atoms with Crippen molar-refractivity contribution >= 4 is 30.7 Å². The molecule has 1 aliphatic heterocycles. The fourth-order valence-electron chi connectivity index (χ4n) is 2.60. The minimum absolute atomic E-state index is 0. The molecular formula is C15H25Cl2N3O. The topological polar surface area (TPSA) is 54.0 Å². The number of halogens is 2. The second-order valence-electron chi connectivity index (χ2n) is 5.43. The Labute approximate surface area is 139 Å². The molecule has 0 bridgehead atoms. The normalized spacial score (nSPS) is 18.8. The Kier molecular flexibility index (Phi) is 10.4. The standard InChI is InChI=1S/C15H23N3O.2ClH/c1-12(14-5-3-7-17-11-14)8-15(19)18-10-13-4-2-6-16-9-13;;/h2,4,6,9,12,14,17H,3,5,7-8,10-11H2,1H3,(H,18,19);2*1H. The molecule has 1 aliphatic rings. The van der Waals surface area contributed by atoms with Crippen LogP contribution in [-0.2, 0) is 11.3 Å². The zero-order valence-corrected chi connectivity index (χ0v) is 14.0. The lowest BCUT2D eigenvalue weighted by atomic mass is 9.85. The van der Waals surface area contributed by atoms with Crippen molar-refractivity contribution in [1.29, 1.82) is 0 Å². The second-order valence-corrected chi connectivity index (χ2v) is 5.43. The van der Waals surface area contributed by atoms with Crippen LogP contribution < -0.4 is 10.6 Å². The van der Waals surface area contributed by atoms with Crippen LogP contribution in [0.3, 0.4) is 0 Å². The summed E-state index contributed by atoms with van der Waals surface area (Å²) < 4.78 is 0. The number of piperidine rings is 1. The number of aromatic nitrogens is 1. The number of amides is 1. The van der Waals surface area contributed by atoms with Crippen LogP contribution in [0.1, 0.15) is 31.7 Å². The third-order valence-corrected chi connectivity index (χ3v) is 3.86. The molecule has 0 aliphatic carbocycles. The summed E-state index contributed by atoms with van der Waals surface area (Å²) in [5.41, 5.74) is 1.04. The van der Waals surface area contributed by atoms with Gasteiger partial charge in [-0.15, -0.1) is 24.8 Å². The van der Waals surface area contributed by atoms with E-state index in [-0.39, 0.29) is 30.7 Å². The number of hydrogen-bond donors (Lipinski definition) is 2. The number of carbonyl (C=O) groups excluding carboxylic acids is 1. The summed E-state index contributed by atoms with van der Waals surface area (Å²) in [6.45, 7) is 4.93. The maximum atomic E-state index is 11.9. The molecule has 2 atom stereocenters. The van der Waals surface area contributed by atoms with Crippen molar-refractivity contribution in [3.63, 3.8) is 0 Å². The first-order chi connectivity index (χ1) is 9.25. The molecule has 120 valence electrons. The van der Waals surface area contributed by atoms with Gasteiger partial charge in [-0.2, -0.15) is 0 Å².